The Morgan fingerprint density at radius 3 is 2.78 bits per heavy atom. The summed E-state index contributed by atoms with van der Waals surface area (Å²) in [6.45, 7) is 4.09. The average molecular weight is 306 g/mol. The van der Waals surface area contributed by atoms with Gasteiger partial charge >= 0.3 is 5.97 Å². The summed E-state index contributed by atoms with van der Waals surface area (Å²) >= 11 is 0. The van der Waals surface area contributed by atoms with Crippen LogP contribution in [0.25, 0.3) is 22.2 Å². The van der Waals surface area contributed by atoms with Crippen molar-refractivity contribution in [1.29, 1.82) is 0 Å². The van der Waals surface area contributed by atoms with E-state index in [1.54, 1.807) is 29.0 Å². The minimum absolute atomic E-state index is 0.245. The quantitative estimate of drug-likeness (QED) is 0.752. The number of carboxylic acids is 1. The Kier molecular flexibility index (Phi) is 3.76. The van der Waals surface area contributed by atoms with Crippen LogP contribution >= 0.6 is 0 Å². The number of fused-ring (bicyclic) bond motifs is 1. The van der Waals surface area contributed by atoms with Crippen molar-refractivity contribution in [3.8, 4) is 11.3 Å². The Morgan fingerprint density at radius 1 is 1.30 bits per heavy atom. The largest absolute Gasteiger partial charge is 0.477 e. The molecule has 0 saturated carbocycles. The van der Waals surface area contributed by atoms with E-state index in [1.165, 1.54) is 6.20 Å². The molecule has 0 spiro atoms. The number of hydrogen-bond acceptors (Lipinski definition) is 3. The molecule has 0 aliphatic carbocycles. The van der Waals surface area contributed by atoms with Crippen molar-refractivity contribution in [2.24, 2.45) is 0 Å². The summed E-state index contributed by atoms with van der Waals surface area (Å²) in [7, 11) is 0. The molecule has 0 amide bonds. The Balaban J connectivity index is 2.32. The zero-order valence-corrected chi connectivity index (χ0v) is 12.3. The molecule has 0 atom stereocenters. The molecule has 5 heteroatoms. The third kappa shape index (κ3) is 2.64. The van der Waals surface area contributed by atoms with Gasteiger partial charge in [-0.25, -0.2) is 4.79 Å². The molecular weight excluding hydrogens is 292 g/mol. The van der Waals surface area contributed by atoms with E-state index in [1.807, 2.05) is 24.3 Å². The highest BCUT2D eigenvalue weighted by Crippen LogP contribution is 2.22. The number of hydrogen-bond donors (Lipinski definition) is 1. The molecule has 0 aliphatic heterocycles. The van der Waals surface area contributed by atoms with Crippen molar-refractivity contribution < 1.29 is 9.90 Å². The lowest BCUT2D eigenvalue weighted by molar-refractivity contribution is 0.0695. The maximum Gasteiger partial charge on any atom is 0.341 e. The van der Waals surface area contributed by atoms with Crippen LogP contribution < -0.4 is 5.43 Å². The summed E-state index contributed by atoms with van der Waals surface area (Å²) < 4.78 is 1.71. The fourth-order valence-corrected chi connectivity index (χ4v) is 2.53. The Hall–Kier alpha value is -3.21. The standard InChI is InChI=1S/C18H14N2O3/c1-2-9-20-11-14(18(22)23)17(21)13-7-6-12(10-16(13)20)15-5-3-4-8-19-15/h2-8,10-11H,1,9H2,(H,22,23). The maximum absolute atomic E-state index is 12.3. The molecule has 0 radical (unpaired) electrons. The number of pyridine rings is 2. The second-order valence-electron chi connectivity index (χ2n) is 5.06. The highest BCUT2D eigenvalue weighted by molar-refractivity contribution is 5.93. The van der Waals surface area contributed by atoms with Gasteiger partial charge in [0.15, 0.2) is 0 Å². The van der Waals surface area contributed by atoms with Crippen LogP contribution in [0.15, 0.2) is 66.2 Å². The molecule has 3 aromatic rings. The van der Waals surface area contributed by atoms with E-state index in [-0.39, 0.29) is 5.56 Å². The highest BCUT2D eigenvalue weighted by atomic mass is 16.4. The van der Waals surface area contributed by atoms with Crippen LogP contribution in [0, 0.1) is 0 Å². The molecule has 0 bridgehead atoms. The number of nitrogens with zero attached hydrogens (tertiary/aromatic N) is 2. The molecular formula is C18H14N2O3. The van der Waals surface area contributed by atoms with Gasteiger partial charge in [-0.15, -0.1) is 6.58 Å². The van der Waals surface area contributed by atoms with Gasteiger partial charge in [0.25, 0.3) is 0 Å². The lowest BCUT2D eigenvalue weighted by Crippen LogP contribution is -2.18. The second-order valence-corrected chi connectivity index (χ2v) is 5.06. The number of rotatable bonds is 4. The lowest BCUT2D eigenvalue weighted by atomic mass is 10.1. The van der Waals surface area contributed by atoms with Gasteiger partial charge in [-0.1, -0.05) is 18.2 Å². The Morgan fingerprint density at radius 2 is 2.13 bits per heavy atom. The van der Waals surface area contributed by atoms with Gasteiger partial charge in [-0.05, 0) is 24.3 Å². The van der Waals surface area contributed by atoms with E-state index in [2.05, 4.69) is 11.6 Å². The Labute approximate surface area is 132 Å². The summed E-state index contributed by atoms with van der Waals surface area (Å²) in [5.74, 6) is -1.23. The van der Waals surface area contributed by atoms with Crippen molar-refractivity contribution in [3.05, 3.63) is 77.2 Å². The molecule has 2 heterocycles. The summed E-state index contributed by atoms with van der Waals surface area (Å²) in [5, 5.41) is 9.57. The minimum Gasteiger partial charge on any atom is -0.477 e. The fraction of sp³-hybridized carbons (Fsp3) is 0.0556. The summed E-state index contributed by atoms with van der Waals surface area (Å²) in [4.78, 5) is 27.9. The van der Waals surface area contributed by atoms with Crippen LogP contribution in [0.1, 0.15) is 10.4 Å². The second kappa shape index (κ2) is 5.88. The van der Waals surface area contributed by atoms with Crippen LogP contribution in [-0.2, 0) is 6.54 Å². The molecule has 114 valence electrons. The normalized spacial score (nSPS) is 10.6. The van der Waals surface area contributed by atoms with E-state index < -0.39 is 11.4 Å². The molecule has 0 fully saturated rings. The minimum atomic E-state index is -1.23. The van der Waals surface area contributed by atoms with Crippen molar-refractivity contribution in [2.45, 2.75) is 6.54 Å². The summed E-state index contributed by atoms with van der Waals surface area (Å²) in [6.07, 6.45) is 4.71. The summed E-state index contributed by atoms with van der Waals surface area (Å²) in [5.41, 5.74) is 1.57. The van der Waals surface area contributed by atoms with Gasteiger partial charge in [-0.2, -0.15) is 0 Å². The van der Waals surface area contributed by atoms with Crippen LogP contribution in [0.2, 0.25) is 0 Å². The number of aromatic nitrogens is 2. The SMILES string of the molecule is C=CCn1cc(C(=O)O)c(=O)c2ccc(-c3ccccn3)cc21. The van der Waals surface area contributed by atoms with Crippen LogP contribution in [-0.4, -0.2) is 20.6 Å². The smallest absolute Gasteiger partial charge is 0.341 e. The zero-order valence-electron chi connectivity index (χ0n) is 12.3. The van der Waals surface area contributed by atoms with Crippen LogP contribution in [0.5, 0.6) is 0 Å². The first-order valence-corrected chi connectivity index (χ1v) is 7.04. The molecule has 3 rings (SSSR count). The van der Waals surface area contributed by atoms with Crippen molar-refractivity contribution in [1.82, 2.24) is 9.55 Å². The van der Waals surface area contributed by atoms with Gasteiger partial charge < -0.3 is 9.67 Å². The molecule has 0 aliphatic rings. The zero-order chi connectivity index (χ0) is 16.4. The van der Waals surface area contributed by atoms with E-state index in [0.29, 0.717) is 17.4 Å². The van der Waals surface area contributed by atoms with E-state index >= 15 is 0 Å². The monoisotopic (exact) mass is 306 g/mol. The van der Waals surface area contributed by atoms with E-state index in [0.717, 1.165) is 11.3 Å². The molecule has 1 aromatic carbocycles. The van der Waals surface area contributed by atoms with Crippen LogP contribution in [0.4, 0.5) is 0 Å². The van der Waals surface area contributed by atoms with Crippen molar-refractivity contribution in [3.63, 3.8) is 0 Å². The summed E-state index contributed by atoms with van der Waals surface area (Å²) in [6, 6.07) is 10.9. The lowest BCUT2D eigenvalue weighted by Gasteiger charge is -2.11. The van der Waals surface area contributed by atoms with E-state index in [9.17, 15) is 14.7 Å². The van der Waals surface area contributed by atoms with Crippen molar-refractivity contribution in [2.75, 3.05) is 0 Å². The molecule has 23 heavy (non-hydrogen) atoms. The van der Waals surface area contributed by atoms with Gasteiger partial charge in [0.2, 0.25) is 5.43 Å². The van der Waals surface area contributed by atoms with Gasteiger partial charge in [0.1, 0.15) is 5.56 Å². The predicted molar refractivity (Wildman–Crippen MR) is 88.6 cm³/mol. The topological polar surface area (TPSA) is 72.2 Å². The highest BCUT2D eigenvalue weighted by Gasteiger charge is 2.14. The third-order valence-electron chi connectivity index (χ3n) is 3.60. The number of aromatic carboxylic acids is 1. The molecule has 2 aromatic heterocycles. The third-order valence-corrected chi connectivity index (χ3v) is 3.60. The Bertz CT molecular complexity index is 959. The van der Waals surface area contributed by atoms with Crippen molar-refractivity contribution >= 4 is 16.9 Å². The number of carboxylic acid groups (broad SMARTS) is 1. The average Bonchev–Trinajstić information content (AvgIpc) is 2.57. The maximum atomic E-state index is 12.3. The fourth-order valence-electron chi connectivity index (χ4n) is 2.53. The first-order valence-electron chi connectivity index (χ1n) is 7.04. The first kappa shape index (κ1) is 14.7. The molecule has 1 N–H and O–H groups in total. The number of carbonyl (C=O) groups is 1. The van der Waals surface area contributed by atoms with Gasteiger partial charge in [0.05, 0.1) is 11.2 Å². The van der Waals surface area contributed by atoms with Gasteiger partial charge in [-0.3, -0.25) is 9.78 Å². The van der Waals surface area contributed by atoms with Gasteiger partial charge in [0, 0.05) is 29.9 Å². The molecule has 5 nitrogen and oxygen atoms in total. The van der Waals surface area contributed by atoms with E-state index in [4.69, 9.17) is 0 Å². The molecule has 0 saturated heterocycles. The number of allylic oxidation sites excluding steroid dienone is 1. The molecule has 0 unspecified atom stereocenters. The van der Waals surface area contributed by atoms with Crippen LogP contribution in [0.3, 0.4) is 0 Å². The predicted octanol–water partition coefficient (Wildman–Crippen LogP) is 2.95. The number of benzene rings is 1. The first-order chi connectivity index (χ1) is 11.1.